The quantitative estimate of drug-likeness (QED) is 0.471. The van der Waals surface area contributed by atoms with Crippen LogP contribution in [0.15, 0.2) is 24.4 Å². The average Bonchev–Trinajstić information content (AvgIpc) is 2.05. The van der Waals surface area contributed by atoms with Crippen molar-refractivity contribution in [3.63, 3.8) is 0 Å². The first-order valence-electron chi connectivity index (χ1n) is 3.78. The molecule has 0 bridgehead atoms. The van der Waals surface area contributed by atoms with Crippen LogP contribution in [0.1, 0.15) is 6.42 Å². The number of rotatable bonds is 0. The Bertz CT molecular complexity index is 172. The van der Waals surface area contributed by atoms with E-state index in [9.17, 15) is 0 Å². The highest BCUT2D eigenvalue weighted by molar-refractivity contribution is 5.11. The van der Waals surface area contributed by atoms with E-state index in [0.717, 1.165) is 13.0 Å². The minimum absolute atomic E-state index is 0.527. The van der Waals surface area contributed by atoms with Gasteiger partial charge in [0.2, 0.25) is 0 Å². The van der Waals surface area contributed by atoms with E-state index in [2.05, 4.69) is 28.9 Å². The average molecular weight is 136 g/mol. The van der Waals surface area contributed by atoms with Crippen molar-refractivity contribution in [3.05, 3.63) is 24.4 Å². The molecule has 0 saturated heterocycles. The van der Waals surface area contributed by atoms with E-state index in [4.69, 9.17) is 0 Å². The molecule has 2 heteroatoms. The van der Waals surface area contributed by atoms with Gasteiger partial charge in [0, 0.05) is 12.6 Å². The second kappa shape index (κ2) is 2.46. The summed E-state index contributed by atoms with van der Waals surface area (Å²) in [6.07, 6.45) is 9.78. The van der Waals surface area contributed by atoms with Crippen LogP contribution in [0.2, 0.25) is 0 Å². The van der Waals surface area contributed by atoms with Gasteiger partial charge in [0.15, 0.2) is 0 Å². The normalized spacial score (nSPS) is 36.8. The van der Waals surface area contributed by atoms with Crippen molar-refractivity contribution in [1.29, 1.82) is 0 Å². The molecule has 10 heavy (non-hydrogen) atoms. The first-order valence-corrected chi connectivity index (χ1v) is 3.78. The Hall–Kier alpha value is -0.760. The van der Waals surface area contributed by atoms with E-state index in [1.807, 2.05) is 6.20 Å². The van der Waals surface area contributed by atoms with Crippen LogP contribution in [-0.2, 0) is 0 Å². The van der Waals surface area contributed by atoms with Gasteiger partial charge in [-0.05, 0) is 12.6 Å². The van der Waals surface area contributed by atoms with Crippen molar-refractivity contribution in [3.8, 4) is 0 Å². The minimum Gasteiger partial charge on any atom is -0.383 e. The third-order valence-corrected chi connectivity index (χ3v) is 2.07. The summed E-state index contributed by atoms with van der Waals surface area (Å²) in [5.41, 5.74) is 0. The maximum atomic E-state index is 3.42. The van der Waals surface area contributed by atoms with Crippen LogP contribution in [0.4, 0.5) is 0 Å². The third-order valence-electron chi connectivity index (χ3n) is 2.07. The van der Waals surface area contributed by atoms with Crippen LogP contribution in [0, 0.1) is 0 Å². The molecule has 2 heterocycles. The van der Waals surface area contributed by atoms with Gasteiger partial charge in [0.05, 0.1) is 6.04 Å². The van der Waals surface area contributed by atoms with Gasteiger partial charge in [0.25, 0.3) is 0 Å². The molecule has 2 atom stereocenters. The standard InChI is InChI=1S/C8H12N2/c1-3-7-8(9-5-1)4-2-6-10-7/h1-3,6-10H,4-5H2. The van der Waals surface area contributed by atoms with E-state index in [-0.39, 0.29) is 0 Å². The zero-order valence-corrected chi connectivity index (χ0v) is 5.88. The lowest BCUT2D eigenvalue weighted by Gasteiger charge is -2.30. The zero-order chi connectivity index (χ0) is 6.81. The van der Waals surface area contributed by atoms with Crippen molar-refractivity contribution in [1.82, 2.24) is 10.6 Å². The Morgan fingerprint density at radius 1 is 1.30 bits per heavy atom. The summed E-state index contributed by atoms with van der Waals surface area (Å²) in [6.45, 7) is 1.02. The van der Waals surface area contributed by atoms with Crippen LogP contribution in [0.25, 0.3) is 0 Å². The molecule has 2 nitrogen and oxygen atoms in total. The second-order valence-electron chi connectivity index (χ2n) is 2.77. The van der Waals surface area contributed by atoms with Crippen LogP contribution in [0.3, 0.4) is 0 Å². The highest BCUT2D eigenvalue weighted by Crippen LogP contribution is 2.09. The fraction of sp³-hybridized carbons (Fsp3) is 0.500. The summed E-state index contributed by atoms with van der Waals surface area (Å²) in [6, 6.07) is 1.15. The molecule has 0 spiro atoms. The first-order chi connectivity index (χ1) is 4.97. The Kier molecular flexibility index (Phi) is 1.47. The lowest BCUT2D eigenvalue weighted by atomic mass is 9.99. The minimum atomic E-state index is 0.527. The molecule has 0 amide bonds. The molecule has 0 radical (unpaired) electrons. The van der Waals surface area contributed by atoms with Gasteiger partial charge in [-0.3, -0.25) is 0 Å². The van der Waals surface area contributed by atoms with Gasteiger partial charge >= 0.3 is 0 Å². The van der Waals surface area contributed by atoms with Crippen molar-refractivity contribution in [2.24, 2.45) is 0 Å². The molecular weight excluding hydrogens is 124 g/mol. The molecule has 2 aliphatic heterocycles. The predicted octanol–water partition coefficient (Wildman–Crippen LogP) is 0.390. The SMILES string of the molecule is C1=CC2NC=CCC2NC1. The smallest absolute Gasteiger partial charge is 0.0595 e. The number of hydrogen-bond acceptors (Lipinski definition) is 2. The lowest BCUT2D eigenvalue weighted by molar-refractivity contribution is 0.431. The Morgan fingerprint density at radius 3 is 3.20 bits per heavy atom. The number of nitrogens with one attached hydrogen (secondary N) is 2. The van der Waals surface area contributed by atoms with Gasteiger partial charge in [-0.2, -0.15) is 0 Å². The highest BCUT2D eigenvalue weighted by atomic mass is 15.0. The predicted molar refractivity (Wildman–Crippen MR) is 41.6 cm³/mol. The summed E-state index contributed by atoms with van der Waals surface area (Å²) < 4.78 is 0. The largest absolute Gasteiger partial charge is 0.383 e. The molecule has 0 saturated carbocycles. The van der Waals surface area contributed by atoms with Crippen LogP contribution >= 0.6 is 0 Å². The van der Waals surface area contributed by atoms with Crippen molar-refractivity contribution >= 4 is 0 Å². The summed E-state index contributed by atoms with van der Waals surface area (Å²) in [4.78, 5) is 0. The maximum Gasteiger partial charge on any atom is 0.0595 e. The molecule has 0 aromatic carbocycles. The lowest BCUT2D eigenvalue weighted by Crippen LogP contribution is -2.49. The van der Waals surface area contributed by atoms with Gasteiger partial charge < -0.3 is 10.6 Å². The second-order valence-corrected chi connectivity index (χ2v) is 2.77. The fourth-order valence-electron chi connectivity index (χ4n) is 1.49. The summed E-state index contributed by atoms with van der Waals surface area (Å²) in [7, 11) is 0. The zero-order valence-electron chi connectivity index (χ0n) is 5.88. The van der Waals surface area contributed by atoms with Crippen molar-refractivity contribution in [2.75, 3.05) is 6.54 Å². The molecular formula is C8H12N2. The van der Waals surface area contributed by atoms with E-state index in [0.29, 0.717) is 12.1 Å². The fourth-order valence-corrected chi connectivity index (χ4v) is 1.49. The molecule has 54 valence electrons. The Labute approximate surface area is 61.0 Å². The van der Waals surface area contributed by atoms with E-state index >= 15 is 0 Å². The molecule has 0 aliphatic carbocycles. The molecule has 2 unspecified atom stereocenters. The van der Waals surface area contributed by atoms with Gasteiger partial charge in [-0.15, -0.1) is 0 Å². The monoisotopic (exact) mass is 136 g/mol. The number of fused-ring (bicyclic) bond motifs is 1. The third kappa shape index (κ3) is 0.948. The van der Waals surface area contributed by atoms with E-state index in [1.54, 1.807) is 0 Å². The number of hydrogen-bond donors (Lipinski definition) is 2. The van der Waals surface area contributed by atoms with Crippen molar-refractivity contribution < 1.29 is 0 Å². The molecule has 2 rings (SSSR count). The Morgan fingerprint density at radius 2 is 2.30 bits per heavy atom. The first kappa shape index (κ1) is 5.98. The highest BCUT2D eigenvalue weighted by Gasteiger charge is 2.20. The van der Waals surface area contributed by atoms with Gasteiger partial charge in [0.1, 0.15) is 0 Å². The van der Waals surface area contributed by atoms with E-state index in [1.165, 1.54) is 0 Å². The van der Waals surface area contributed by atoms with Crippen LogP contribution < -0.4 is 10.6 Å². The van der Waals surface area contributed by atoms with Gasteiger partial charge in [-0.1, -0.05) is 18.2 Å². The summed E-state index contributed by atoms with van der Waals surface area (Å²) in [5, 5.41) is 6.71. The summed E-state index contributed by atoms with van der Waals surface area (Å²) >= 11 is 0. The topological polar surface area (TPSA) is 24.1 Å². The van der Waals surface area contributed by atoms with Crippen LogP contribution in [0.5, 0.6) is 0 Å². The van der Waals surface area contributed by atoms with Crippen molar-refractivity contribution in [2.45, 2.75) is 18.5 Å². The van der Waals surface area contributed by atoms with Crippen LogP contribution in [-0.4, -0.2) is 18.6 Å². The summed E-state index contributed by atoms with van der Waals surface area (Å²) in [5.74, 6) is 0. The maximum absolute atomic E-state index is 3.42. The Balaban J connectivity index is 2.12. The molecule has 2 N–H and O–H groups in total. The molecule has 0 aromatic heterocycles. The van der Waals surface area contributed by atoms with E-state index < -0.39 is 0 Å². The molecule has 0 fully saturated rings. The molecule has 2 aliphatic rings. The van der Waals surface area contributed by atoms with Gasteiger partial charge in [-0.25, -0.2) is 0 Å². The molecule has 0 aromatic rings.